The molecule has 0 unspecified atom stereocenters. The predicted molar refractivity (Wildman–Crippen MR) is 85.9 cm³/mol. The van der Waals surface area contributed by atoms with Crippen molar-refractivity contribution in [2.75, 3.05) is 7.11 Å². The molecule has 0 fully saturated rings. The van der Waals surface area contributed by atoms with E-state index in [1.54, 1.807) is 24.3 Å². The van der Waals surface area contributed by atoms with E-state index in [2.05, 4.69) is 15.3 Å². The van der Waals surface area contributed by atoms with E-state index in [1.807, 2.05) is 0 Å². The Morgan fingerprint density at radius 2 is 1.88 bits per heavy atom. The second-order valence-electron chi connectivity index (χ2n) is 4.62. The number of rotatable bonds is 5. The summed E-state index contributed by atoms with van der Waals surface area (Å²) in [5, 5.41) is 14.5. The number of amides is 1. The first-order valence-corrected chi connectivity index (χ1v) is 6.77. The Balaban J connectivity index is 2.00. The Bertz CT molecular complexity index is 800. The van der Waals surface area contributed by atoms with E-state index in [0.717, 1.165) is 6.07 Å². The van der Waals surface area contributed by atoms with Gasteiger partial charge >= 0.3 is 5.97 Å². The zero-order valence-electron chi connectivity index (χ0n) is 12.6. The molecule has 0 saturated heterocycles. The van der Waals surface area contributed by atoms with Gasteiger partial charge in [0, 0.05) is 17.7 Å². The molecule has 0 aliphatic heterocycles. The molecule has 2 rings (SSSR count). The highest BCUT2D eigenvalue weighted by molar-refractivity contribution is 5.95. The fraction of sp³-hybridized carbons (Fsp3) is 0.0625. The summed E-state index contributed by atoms with van der Waals surface area (Å²) in [6.45, 7) is 0. The van der Waals surface area contributed by atoms with Gasteiger partial charge in [0.15, 0.2) is 0 Å². The molecule has 1 N–H and O–H groups in total. The van der Waals surface area contributed by atoms with Crippen molar-refractivity contribution in [1.82, 2.24) is 5.43 Å². The number of hydrogen-bond acceptors (Lipinski definition) is 6. The fourth-order valence-corrected chi connectivity index (χ4v) is 1.81. The van der Waals surface area contributed by atoms with Crippen molar-refractivity contribution in [3.8, 4) is 0 Å². The third-order valence-electron chi connectivity index (χ3n) is 3.03. The predicted octanol–water partition coefficient (Wildman–Crippen LogP) is 2.15. The van der Waals surface area contributed by atoms with Gasteiger partial charge in [0.1, 0.15) is 0 Å². The van der Waals surface area contributed by atoms with Crippen molar-refractivity contribution in [3.05, 3.63) is 75.3 Å². The summed E-state index contributed by atoms with van der Waals surface area (Å²) in [6, 6.07) is 11.7. The number of carbonyl (C=O) groups excluding carboxylic acids is 2. The van der Waals surface area contributed by atoms with Crippen LogP contribution in [0, 0.1) is 10.1 Å². The molecule has 0 spiro atoms. The highest BCUT2D eigenvalue weighted by Gasteiger charge is 2.10. The number of hydrazone groups is 1. The third-order valence-corrected chi connectivity index (χ3v) is 3.03. The SMILES string of the molecule is COC(=O)c1ccc(C=NNC(=O)c2cccc([N+](=O)[O-])c2)cc1. The zero-order valence-corrected chi connectivity index (χ0v) is 12.6. The summed E-state index contributed by atoms with van der Waals surface area (Å²) in [7, 11) is 1.29. The second kappa shape index (κ2) is 7.63. The summed E-state index contributed by atoms with van der Waals surface area (Å²) in [6.07, 6.45) is 1.39. The van der Waals surface area contributed by atoms with Crippen LogP contribution in [-0.2, 0) is 4.74 Å². The molecule has 0 bridgehead atoms. The monoisotopic (exact) mass is 327 g/mol. The number of carbonyl (C=O) groups is 2. The maximum absolute atomic E-state index is 11.9. The normalized spacial score (nSPS) is 10.4. The van der Waals surface area contributed by atoms with Crippen molar-refractivity contribution in [1.29, 1.82) is 0 Å². The number of esters is 1. The standard InChI is InChI=1S/C16H13N3O5/c1-24-16(21)12-7-5-11(6-8-12)10-17-18-15(20)13-3-2-4-14(9-13)19(22)23/h2-10H,1H3,(H,18,20). The van der Waals surface area contributed by atoms with E-state index >= 15 is 0 Å². The van der Waals surface area contributed by atoms with Crippen LogP contribution in [0.1, 0.15) is 26.3 Å². The minimum Gasteiger partial charge on any atom is -0.465 e. The molecule has 8 heteroatoms. The highest BCUT2D eigenvalue weighted by Crippen LogP contribution is 2.12. The van der Waals surface area contributed by atoms with Gasteiger partial charge in [-0.3, -0.25) is 14.9 Å². The number of benzene rings is 2. The average Bonchev–Trinajstić information content (AvgIpc) is 2.61. The molecule has 0 aliphatic carbocycles. The lowest BCUT2D eigenvalue weighted by Gasteiger charge is -2.01. The van der Waals surface area contributed by atoms with Gasteiger partial charge in [-0.15, -0.1) is 0 Å². The van der Waals surface area contributed by atoms with Crippen LogP contribution in [0.25, 0.3) is 0 Å². The minimum absolute atomic E-state index is 0.127. The lowest BCUT2D eigenvalue weighted by atomic mass is 10.1. The Labute approximate surface area is 136 Å². The molecule has 1 amide bonds. The number of nitro benzene ring substituents is 1. The molecule has 2 aromatic rings. The van der Waals surface area contributed by atoms with Gasteiger partial charge < -0.3 is 4.74 Å². The van der Waals surface area contributed by atoms with Crippen molar-refractivity contribution in [3.63, 3.8) is 0 Å². The Morgan fingerprint density at radius 1 is 1.17 bits per heavy atom. The fourth-order valence-electron chi connectivity index (χ4n) is 1.81. The summed E-state index contributed by atoms with van der Waals surface area (Å²) in [5.41, 5.74) is 3.28. The van der Waals surface area contributed by atoms with E-state index in [1.165, 1.54) is 31.5 Å². The van der Waals surface area contributed by atoms with Gasteiger partial charge in [-0.2, -0.15) is 5.10 Å². The van der Waals surface area contributed by atoms with Gasteiger partial charge in [0.2, 0.25) is 0 Å². The first kappa shape index (κ1) is 16.8. The van der Waals surface area contributed by atoms with E-state index in [0.29, 0.717) is 11.1 Å². The number of methoxy groups -OCH3 is 1. The number of nitrogens with zero attached hydrogens (tertiary/aromatic N) is 2. The van der Waals surface area contributed by atoms with E-state index in [4.69, 9.17) is 0 Å². The number of hydrogen-bond donors (Lipinski definition) is 1. The van der Waals surface area contributed by atoms with Gasteiger partial charge in [-0.1, -0.05) is 18.2 Å². The Hall–Kier alpha value is -3.55. The van der Waals surface area contributed by atoms with Crippen LogP contribution < -0.4 is 5.43 Å². The van der Waals surface area contributed by atoms with Crippen LogP contribution in [0.3, 0.4) is 0 Å². The maximum atomic E-state index is 11.9. The van der Waals surface area contributed by atoms with Gasteiger partial charge in [0.05, 0.1) is 23.8 Å². The van der Waals surface area contributed by atoms with Crippen LogP contribution in [0.5, 0.6) is 0 Å². The summed E-state index contributed by atoms with van der Waals surface area (Å²) in [5.74, 6) is -1.02. The number of nitrogens with one attached hydrogen (secondary N) is 1. The van der Waals surface area contributed by atoms with Crippen molar-refractivity contribution >= 4 is 23.8 Å². The van der Waals surface area contributed by atoms with Crippen LogP contribution in [-0.4, -0.2) is 30.1 Å². The molecule has 0 aliphatic rings. The van der Waals surface area contributed by atoms with Gasteiger partial charge in [-0.25, -0.2) is 10.2 Å². The quantitative estimate of drug-likeness (QED) is 0.391. The lowest BCUT2D eigenvalue weighted by molar-refractivity contribution is -0.384. The largest absolute Gasteiger partial charge is 0.465 e. The molecule has 0 aromatic heterocycles. The van der Waals surface area contributed by atoms with Crippen LogP contribution in [0.4, 0.5) is 5.69 Å². The van der Waals surface area contributed by atoms with E-state index in [-0.39, 0.29) is 11.3 Å². The lowest BCUT2D eigenvalue weighted by Crippen LogP contribution is -2.17. The molecule has 0 saturated carbocycles. The number of ether oxygens (including phenoxy) is 1. The second-order valence-corrected chi connectivity index (χ2v) is 4.62. The van der Waals surface area contributed by atoms with Crippen molar-refractivity contribution in [2.24, 2.45) is 5.10 Å². The highest BCUT2D eigenvalue weighted by atomic mass is 16.6. The summed E-state index contributed by atoms with van der Waals surface area (Å²) >= 11 is 0. The van der Waals surface area contributed by atoms with Crippen LogP contribution in [0.2, 0.25) is 0 Å². The maximum Gasteiger partial charge on any atom is 0.337 e. The first-order valence-electron chi connectivity index (χ1n) is 6.77. The summed E-state index contributed by atoms with van der Waals surface area (Å²) in [4.78, 5) is 33.3. The molecular formula is C16H13N3O5. The van der Waals surface area contributed by atoms with Crippen molar-refractivity contribution in [2.45, 2.75) is 0 Å². The molecule has 0 radical (unpaired) electrons. The van der Waals surface area contributed by atoms with E-state index < -0.39 is 16.8 Å². The van der Waals surface area contributed by atoms with Gasteiger partial charge in [-0.05, 0) is 23.8 Å². The molecule has 8 nitrogen and oxygen atoms in total. The van der Waals surface area contributed by atoms with Crippen molar-refractivity contribution < 1.29 is 19.2 Å². The van der Waals surface area contributed by atoms with Gasteiger partial charge in [0.25, 0.3) is 11.6 Å². The molecule has 24 heavy (non-hydrogen) atoms. The molecule has 2 aromatic carbocycles. The first-order chi connectivity index (χ1) is 11.5. The number of nitro groups is 1. The molecule has 0 heterocycles. The molecular weight excluding hydrogens is 314 g/mol. The smallest absolute Gasteiger partial charge is 0.337 e. The average molecular weight is 327 g/mol. The topological polar surface area (TPSA) is 111 Å². The van der Waals surface area contributed by atoms with E-state index in [9.17, 15) is 19.7 Å². The Morgan fingerprint density at radius 3 is 2.50 bits per heavy atom. The van der Waals surface area contributed by atoms with Crippen LogP contribution in [0.15, 0.2) is 53.6 Å². The molecule has 0 atom stereocenters. The number of non-ortho nitro benzene ring substituents is 1. The Kier molecular flexibility index (Phi) is 5.35. The third kappa shape index (κ3) is 4.23. The van der Waals surface area contributed by atoms with Crippen LogP contribution >= 0.6 is 0 Å². The zero-order chi connectivity index (χ0) is 17.5. The summed E-state index contributed by atoms with van der Waals surface area (Å²) < 4.78 is 4.59. The minimum atomic E-state index is -0.580. The molecule has 122 valence electrons.